The second kappa shape index (κ2) is 7.94. The summed E-state index contributed by atoms with van der Waals surface area (Å²) in [6, 6.07) is 12.2. The Kier molecular flexibility index (Phi) is 5.93. The Labute approximate surface area is 146 Å². The molecular formula is C18H19NO5S. The van der Waals surface area contributed by atoms with Crippen molar-refractivity contribution >= 4 is 27.5 Å². The van der Waals surface area contributed by atoms with Gasteiger partial charge in [-0.15, -0.1) is 0 Å². The van der Waals surface area contributed by atoms with Gasteiger partial charge in [-0.2, -0.15) is 0 Å². The van der Waals surface area contributed by atoms with Crippen LogP contribution in [0.1, 0.15) is 29.8 Å². The van der Waals surface area contributed by atoms with Crippen LogP contribution in [0.3, 0.4) is 0 Å². The Morgan fingerprint density at radius 2 is 1.60 bits per heavy atom. The molecule has 25 heavy (non-hydrogen) atoms. The topological polar surface area (TPSA) is 89.5 Å². The zero-order chi connectivity index (χ0) is 18.4. The number of esters is 1. The first-order valence-corrected chi connectivity index (χ1v) is 9.18. The first-order chi connectivity index (χ1) is 11.8. The molecule has 0 amide bonds. The molecule has 0 aliphatic rings. The van der Waals surface area contributed by atoms with Crippen LogP contribution in [0.2, 0.25) is 0 Å². The highest BCUT2D eigenvalue weighted by Gasteiger charge is 2.14. The Hall–Kier alpha value is -2.67. The summed E-state index contributed by atoms with van der Waals surface area (Å²) >= 11 is 0. The highest BCUT2D eigenvalue weighted by molar-refractivity contribution is 7.92. The largest absolute Gasteiger partial charge is 0.466 e. The van der Waals surface area contributed by atoms with Crippen molar-refractivity contribution < 1.29 is 22.7 Å². The SMILES string of the molecule is CCOC(=O)Cc1ccc(NS(=O)(=O)c2ccc(C(C)=O)cc2)cc1. The lowest BCUT2D eigenvalue weighted by molar-refractivity contribution is -0.142. The van der Waals surface area contributed by atoms with Crippen molar-refractivity contribution in [2.45, 2.75) is 25.2 Å². The highest BCUT2D eigenvalue weighted by Crippen LogP contribution is 2.18. The first kappa shape index (κ1) is 18.7. The van der Waals surface area contributed by atoms with Crippen LogP contribution in [-0.4, -0.2) is 26.8 Å². The first-order valence-electron chi connectivity index (χ1n) is 7.70. The molecule has 0 unspecified atom stereocenters. The Balaban J connectivity index is 2.09. The number of Topliss-reactive ketones (excluding diaryl/α,β-unsaturated/α-hetero) is 1. The Morgan fingerprint density at radius 3 is 2.12 bits per heavy atom. The van der Waals surface area contributed by atoms with Crippen LogP contribution in [0.4, 0.5) is 5.69 Å². The van der Waals surface area contributed by atoms with Crippen LogP contribution < -0.4 is 4.72 Å². The van der Waals surface area contributed by atoms with Gasteiger partial charge in [0.25, 0.3) is 10.0 Å². The molecule has 0 radical (unpaired) electrons. The average molecular weight is 361 g/mol. The van der Waals surface area contributed by atoms with Crippen LogP contribution in [0, 0.1) is 0 Å². The summed E-state index contributed by atoms with van der Waals surface area (Å²) in [7, 11) is -3.75. The van der Waals surface area contributed by atoms with E-state index in [0.717, 1.165) is 5.56 Å². The number of nitrogens with one attached hydrogen (secondary N) is 1. The summed E-state index contributed by atoms with van der Waals surface area (Å²) in [5.41, 5.74) is 1.55. The lowest BCUT2D eigenvalue weighted by Crippen LogP contribution is -2.13. The van der Waals surface area contributed by atoms with Crippen molar-refractivity contribution in [2.24, 2.45) is 0 Å². The van der Waals surface area contributed by atoms with Crippen LogP contribution in [0.25, 0.3) is 0 Å². The number of benzene rings is 2. The fourth-order valence-corrected chi connectivity index (χ4v) is 3.21. The standard InChI is InChI=1S/C18H19NO5S/c1-3-24-18(21)12-14-4-8-16(9-5-14)19-25(22,23)17-10-6-15(7-11-17)13(2)20/h4-11,19H,3,12H2,1-2H3. The number of hydrogen-bond acceptors (Lipinski definition) is 5. The molecule has 0 saturated carbocycles. The summed E-state index contributed by atoms with van der Waals surface area (Å²) in [6.07, 6.45) is 0.132. The van der Waals surface area contributed by atoms with Crippen LogP contribution in [0.15, 0.2) is 53.4 Å². The summed E-state index contributed by atoms with van der Waals surface area (Å²) in [6.45, 7) is 3.47. The maximum absolute atomic E-state index is 12.4. The van der Waals surface area contributed by atoms with E-state index in [0.29, 0.717) is 17.9 Å². The van der Waals surface area contributed by atoms with Gasteiger partial charge in [0.05, 0.1) is 17.9 Å². The number of ether oxygens (including phenoxy) is 1. The lowest BCUT2D eigenvalue weighted by atomic mass is 10.1. The van der Waals surface area contributed by atoms with Gasteiger partial charge in [0.2, 0.25) is 0 Å². The molecule has 2 rings (SSSR count). The van der Waals surface area contributed by atoms with Gasteiger partial charge in [0.15, 0.2) is 5.78 Å². The van der Waals surface area contributed by atoms with Gasteiger partial charge in [-0.25, -0.2) is 8.42 Å². The van der Waals surface area contributed by atoms with E-state index in [2.05, 4.69) is 4.72 Å². The zero-order valence-corrected chi connectivity index (χ0v) is 14.8. The van der Waals surface area contributed by atoms with E-state index in [-0.39, 0.29) is 23.1 Å². The predicted octanol–water partition coefficient (Wildman–Crippen LogP) is 2.80. The maximum Gasteiger partial charge on any atom is 0.310 e. The van der Waals surface area contributed by atoms with Gasteiger partial charge in [0.1, 0.15) is 0 Å². The summed E-state index contributed by atoms with van der Waals surface area (Å²) in [5.74, 6) is -0.463. The molecule has 2 aromatic rings. The lowest BCUT2D eigenvalue weighted by Gasteiger charge is -2.09. The molecule has 0 atom stereocenters. The monoisotopic (exact) mass is 361 g/mol. The van der Waals surface area contributed by atoms with Crippen molar-refractivity contribution in [1.29, 1.82) is 0 Å². The van der Waals surface area contributed by atoms with Crippen LogP contribution in [-0.2, 0) is 26.0 Å². The summed E-state index contributed by atoms with van der Waals surface area (Å²) < 4.78 is 32.0. The van der Waals surface area contributed by atoms with E-state index in [4.69, 9.17) is 4.74 Å². The molecule has 0 aliphatic carbocycles. The molecule has 0 aliphatic heterocycles. The molecule has 0 fully saturated rings. The number of hydrogen-bond donors (Lipinski definition) is 1. The van der Waals surface area contributed by atoms with Gasteiger partial charge >= 0.3 is 5.97 Å². The fraction of sp³-hybridized carbons (Fsp3) is 0.222. The van der Waals surface area contributed by atoms with E-state index in [9.17, 15) is 18.0 Å². The molecule has 0 spiro atoms. The molecule has 0 aromatic heterocycles. The fourth-order valence-electron chi connectivity index (χ4n) is 2.15. The van der Waals surface area contributed by atoms with E-state index in [1.54, 1.807) is 31.2 Å². The number of rotatable bonds is 7. The molecular weight excluding hydrogens is 342 g/mol. The molecule has 2 aromatic carbocycles. The molecule has 6 nitrogen and oxygen atoms in total. The van der Waals surface area contributed by atoms with Gasteiger partial charge in [-0.05, 0) is 43.7 Å². The zero-order valence-electron chi connectivity index (χ0n) is 14.0. The molecule has 0 heterocycles. The summed E-state index contributed by atoms with van der Waals surface area (Å²) in [5, 5.41) is 0. The van der Waals surface area contributed by atoms with Crippen molar-refractivity contribution in [2.75, 3.05) is 11.3 Å². The van der Waals surface area contributed by atoms with Crippen molar-refractivity contribution in [3.8, 4) is 0 Å². The number of sulfonamides is 1. The van der Waals surface area contributed by atoms with Crippen LogP contribution >= 0.6 is 0 Å². The van der Waals surface area contributed by atoms with Crippen LogP contribution in [0.5, 0.6) is 0 Å². The van der Waals surface area contributed by atoms with Gasteiger partial charge in [-0.3, -0.25) is 14.3 Å². The minimum atomic E-state index is -3.75. The van der Waals surface area contributed by atoms with Crippen molar-refractivity contribution in [3.05, 3.63) is 59.7 Å². The molecule has 7 heteroatoms. The molecule has 0 bridgehead atoms. The van der Waals surface area contributed by atoms with Gasteiger partial charge in [0, 0.05) is 11.3 Å². The third-order valence-corrected chi connectivity index (χ3v) is 4.83. The van der Waals surface area contributed by atoms with Crippen molar-refractivity contribution in [3.63, 3.8) is 0 Å². The summed E-state index contributed by atoms with van der Waals surface area (Å²) in [4.78, 5) is 22.7. The maximum atomic E-state index is 12.4. The quantitative estimate of drug-likeness (QED) is 0.605. The molecule has 1 N–H and O–H groups in total. The van der Waals surface area contributed by atoms with E-state index >= 15 is 0 Å². The van der Waals surface area contributed by atoms with E-state index in [1.165, 1.54) is 31.2 Å². The minimum absolute atomic E-state index is 0.0631. The second-order valence-electron chi connectivity index (χ2n) is 5.36. The average Bonchev–Trinajstić information content (AvgIpc) is 2.57. The molecule has 132 valence electrons. The predicted molar refractivity (Wildman–Crippen MR) is 94.0 cm³/mol. The Morgan fingerprint density at radius 1 is 1.00 bits per heavy atom. The number of ketones is 1. The third-order valence-electron chi connectivity index (χ3n) is 3.43. The van der Waals surface area contributed by atoms with E-state index in [1.807, 2.05) is 0 Å². The van der Waals surface area contributed by atoms with E-state index < -0.39 is 10.0 Å². The molecule has 0 saturated heterocycles. The third kappa shape index (κ3) is 5.15. The highest BCUT2D eigenvalue weighted by atomic mass is 32.2. The van der Waals surface area contributed by atoms with Gasteiger partial charge in [-0.1, -0.05) is 24.3 Å². The smallest absolute Gasteiger partial charge is 0.310 e. The van der Waals surface area contributed by atoms with Gasteiger partial charge < -0.3 is 4.74 Å². The number of carbonyl (C=O) groups excluding carboxylic acids is 2. The minimum Gasteiger partial charge on any atom is -0.466 e. The second-order valence-corrected chi connectivity index (χ2v) is 7.05. The number of anilines is 1. The number of carbonyl (C=O) groups is 2. The Bertz CT molecular complexity index is 855. The normalized spacial score (nSPS) is 11.0. The van der Waals surface area contributed by atoms with Crippen molar-refractivity contribution in [1.82, 2.24) is 0 Å².